The van der Waals surface area contributed by atoms with Gasteiger partial charge in [0.1, 0.15) is 11.2 Å². The van der Waals surface area contributed by atoms with Crippen molar-refractivity contribution in [3.8, 4) is 33.4 Å². The minimum Gasteiger partial charge on any atom is -0.455 e. The molecule has 11 aromatic rings. The van der Waals surface area contributed by atoms with Crippen LogP contribution in [0, 0.1) is 0 Å². The zero-order chi connectivity index (χ0) is 37.0. The smallest absolute Gasteiger partial charge is 0.145 e. The maximum atomic E-state index is 6.90. The zero-order valence-electron chi connectivity index (χ0n) is 30.6. The summed E-state index contributed by atoms with van der Waals surface area (Å²) in [4.78, 5) is 2.44. The average molecular weight is 714 g/mol. The van der Waals surface area contributed by atoms with E-state index in [1.54, 1.807) is 0 Å². The van der Waals surface area contributed by atoms with Crippen molar-refractivity contribution in [2.45, 2.75) is 0 Å². The van der Waals surface area contributed by atoms with E-state index in [0.717, 1.165) is 50.1 Å². The lowest BCUT2D eigenvalue weighted by molar-refractivity contribution is 0.670. The Balaban J connectivity index is 1.15. The number of nitrogens with zero attached hydrogens (tertiary/aromatic N) is 1. The first kappa shape index (κ1) is 32.0. The first-order chi connectivity index (χ1) is 27.8. The maximum absolute atomic E-state index is 6.90. The molecule has 0 saturated heterocycles. The topological polar surface area (TPSA) is 16.4 Å². The molecule has 0 aliphatic rings. The number of hydrogen-bond acceptors (Lipinski definition) is 2. The third kappa shape index (κ3) is 5.26. The highest BCUT2D eigenvalue weighted by Gasteiger charge is 2.24. The predicted octanol–water partition coefficient (Wildman–Crippen LogP) is 15.5. The highest BCUT2D eigenvalue weighted by molar-refractivity contribution is 6.21. The summed E-state index contributed by atoms with van der Waals surface area (Å²) < 4.78 is 6.90. The molecule has 56 heavy (non-hydrogen) atoms. The largest absolute Gasteiger partial charge is 0.455 e. The summed E-state index contributed by atoms with van der Waals surface area (Å²) in [6.07, 6.45) is 0. The average Bonchev–Trinajstić information content (AvgIpc) is 3.67. The van der Waals surface area contributed by atoms with Gasteiger partial charge in [-0.05, 0) is 91.1 Å². The summed E-state index contributed by atoms with van der Waals surface area (Å²) >= 11 is 0. The van der Waals surface area contributed by atoms with Gasteiger partial charge in [-0.15, -0.1) is 0 Å². The van der Waals surface area contributed by atoms with Crippen LogP contribution in [0.5, 0.6) is 0 Å². The van der Waals surface area contributed by atoms with E-state index in [4.69, 9.17) is 4.42 Å². The van der Waals surface area contributed by atoms with E-state index in [1.807, 2.05) is 0 Å². The number of anilines is 3. The van der Waals surface area contributed by atoms with Gasteiger partial charge >= 0.3 is 0 Å². The lowest BCUT2D eigenvalue weighted by Gasteiger charge is -2.28. The molecule has 0 unspecified atom stereocenters. The quantitative estimate of drug-likeness (QED) is 0.160. The molecule has 262 valence electrons. The van der Waals surface area contributed by atoms with Crippen LogP contribution in [-0.4, -0.2) is 0 Å². The second-order valence-corrected chi connectivity index (χ2v) is 14.4. The number of hydrogen-bond donors (Lipinski definition) is 0. The molecular formula is C54H35NO. The molecule has 0 radical (unpaired) electrons. The van der Waals surface area contributed by atoms with Crippen molar-refractivity contribution < 1.29 is 4.42 Å². The molecule has 2 heteroatoms. The molecular weight excluding hydrogens is 679 g/mol. The van der Waals surface area contributed by atoms with Crippen molar-refractivity contribution >= 4 is 71.3 Å². The maximum Gasteiger partial charge on any atom is 0.145 e. The van der Waals surface area contributed by atoms with Gasteiger partial charge in [-0.1, -0.05) is 176 Å². The Morgan fingerprint density at radius 3 is 1.61 bits per heavy atom. The summed E-state index contributed by atoms with van der Waals surface area (Å²) in [6, 6.07) is 76.4. The van der Waals surface area contributed by atoms with Gasteiger partial charge in [0.05, 0.1) is 16.8 Å². The molecule has 0 spiro atoms. The third-order valence-electron chi connectivity index (χ3n) is 11.3. The molecule has 0 amide bonds. The molecule has 0 saturated carbocycles. The molecule has 0 fully saturated rings. The molecule has 11 rings (SSSR count). The van der Waals surface area contributed by atoms with E-state index in [1.165, 1.54) is 54.6 Å². The molecule has 0 N–H and O–H groups in total. The van der Waals surface area contributed by atoms with Crippen LogP contribution < -0.4 is 4.90 Å². The Labute approximate surface area is 325 Å². The number of rotatable bonds is 6. The fourth-order valence-electron chi connectivity index (χ4n) is 8.59. The van der Waals surface area contributed by atoms with Crippen LogP contribution in [0.3, 0.4) is 0 Å². The van der Waals surface area contributed by atoms with Crippen LogP contribution in [0.2, 0.25) is 0 Å². The van der Waals surface area contributed by atoms with Crippen molar-refractivity contribution in [1.82, 2.24) is 0 Å². The summed E-state index contributed by atoms with van der Waals surface area (Å²) in [5.41, 5.74) is 12.0. The molecule has 0 aliphatic carbocycles. The van der Waals surface area contributed by atoms with Crippen molar-refractivity contribution in [1.29, 1.82) is 0 Å². The summed E-state index contributed by atoms with van der Waals surface area (Å²) in [5.74, 6) is 0. The number of benzene rings is 10. The Bertz CT molecular complexity index is 3230. The fourth-order valence-corrected chi connectivity index (χ4v) is 8.59. The van der Waals surface area contributed by atoms with Crippen LogP contribution in [0.25, 0.3) is 87.6 Å². The normalized spacial score (nSPS) is 11.6. The molecule has 10 aromatic carbocycles. The van der Waals surface area contributed by atoms with E-state index >= 15 is 0 Å². The van der Waals surface area contributed by atoms with Crippen molar-refractivity contribution in [3.05, 3.63) is 212 Å². The van der Waals surface area contributed by atoms with Crippen molar-refractivity contribution in [3.63, 3.8) is 0 Å². The first-order valence-corrected chi connectivity index (χ1v) is 19.2. The molecule has 1 aromatic heterocycles. The van der Waals surface area contributed by atoms with E-state index < -0.39 is 0 Å². The minimum atomic E-state index is 0.869. The number of furan rings is 1. The summed E-state index contributed by atoms with van der Waals surface area (Å²) in [6.45, 7) is 0. The fraction of sp³-hybridized carbons (Fsp3) is 0. The zero-order valence-corrected chi connectivity index (χ0v) is 30.6. The van der Waals surface area contributed by atoms with E-state index in [2.05, 4.69) is 217 Å². The van der Waals surface area contributed by atoms with Gasteiger partial charge in [0, 0.05) is 22.0 Å². The second-order valence-electron chi connectivity index (χ2n) is 14.4. The molecule has 0 aliphatic heterocycles. The minimum absolute atomic E-state index is 0.869. The molecule has 0 atom stereocenters. The molecule has 0 bridgehead atoms. The van der Waals surface area contributed by atoms with Crippen molar-refractivity contribution in [2.75, 3.05) is 4.90 Å². The van der Waals surface area contributed by atoms with Crippen LogP contribution in [0.15, 0.2) is 217 Å². The van der Waals surface area contributed by atoms with Crippen LogP contribution in [0.4, 0.5) is 17.1 Å². The van der Waals surface area contributed by atoms with E-state index in [0.29, 0.717) is 0 Å². The summed E-state index contributed by atoms with van der Waals surface area (Å²) in [7, 11) is 0. The standard InChI is InChI=1S/C54H35NO/c1-2-12-36(13-3-1)37-24-26-38(27-25-37)39-30-32-43(33-31-39)55(49-22-11-17-42-29-28-41-15-5-7-19-45(41)52(42)49)50-35-34-47(46-21-10-16-40-14-4-6-18-44(40)46)54-53(50)48-20-8-9-23-51(48)56-54/h1-35H. The molecule has 1 heterocycles. The van der Waals surface area contributed by atoms with Crippen LogP contribution in [-0.2, 0) is 0 Å². The lowest BCUT2D eigenvalue weighted by atomic mass is 9.95. The highest BCUT2D eigenvalue weighted by Crippen LogP contribution is 2.49. The van der Waals surface area contributed by atoms with Crippen LogP contribution in [0.1, 0.15) is 0 Å². The van der Waals surface area contributed by atoms with E-state index in [-0.39, 0.29) is 0 Å². The Kier molecular flexibility index (Phi) is 7.53. The first-order valence-electron chi connectivity index (χ1n) is 19.2. The van der Waals surface area contributed by atoms with E-state index in [9.17, 15) is 0 Å². The SMILES string of the molecule is c1ccc(-c2ccc(-c3ccc(N(c4cccc5ccc6ccccc6c45)c4ccc(-c5cccc6ccccc56)c5oc6ccccc6c45)cc3)cc2)cc1. The van der Waals surface area contributed by atoms with Gasteiger partial charge in [-0.2, -0.15) is 0 Å². The lowest BCUT2D eigenvalue weighted by Crippen LogP contribution is -2.11. The van der Waals surface area contributed by atoms with Gasteiger partial charge in [-0.3, -0.25) is 0 Å². The Hall–Kier alpha value is -7.42. The van der Waals surface area contributed by atoms with Gasteiger partial charge < -0.3 is 9.32 Å². The Morgan fingerprint density at radius 1 is 0.304 bits per heavy atom. The highest BCUT2D eigenvalue weighted by atomic mass is 16.3. The van der Waals surface area contributed by atoms with Crippen molar-refractivity contribution in [2.24, 2.45) is 0 Å². The van der Waals surface area contributed by atoms with Gasteiger partial charge in [-0.25, -0.2) is 0 Å². The van der Waals surface area contributed by atoms with Gasteiger partial charge in [0.2, 0.25) is 0 Å². The summed E-state index contributed by atoms with van der Waals surface area (Å²) in [5, 5.41) is 9.43. The number of fused-ring (bicyclic) bond motifs is 7. The monoisotopic (exact) mass is 713 g/mol. The molecule has 2 nitrogen and oxygen atoms in total. The van der Waals surface area contributed by atoms with Crippen LogP contribution >= 0.6 is 0 Å². The van der Waals surface area contributed by atoms with Gasteiger partial charge in [0.15, 0.2) is 0 Å². The predicted molar refractivity (Wildman–Crippen MR) is 237 cm³/mol. The second kappa shape index (κ2) is 13.2. The van der Waals surface area contributed by atoms with Gasteiger partial charge in [0.25, 0.3) is 0 Å². The third-order valence-corrected chi connectivity index (χ3v) is 11.3. The Morgan fingerprint density at radius 2 is 0.839 bits per heavy atom. The number of para-hydroxylation sites is 1.